The number of carbonyl (C=O) groups excluding carboxylic acids is 1. The van der Waals surface area contributed by atoms with Gasteiger partial charge in [0, 0.05) is 25.6 Å². The van der Waals surface area contributed by atoms with Crippen molar-refractivity contribution >= 4 is 5.91 Å². The Kier molecular flexibility index (Phi) is 3.95. The third-order valence-electron chi connectivity index (χ3n) is 3.93. The van der Waals surface area contributed by atoms with Crippen LogP contribution in [0, 0.1) is 26.7 Å². The number of amides is 1. The lowest BCUT2D eigenvalue weighted by atomic mass is 9.94. The molecule has 1 heterocycles. The van der Waals surface area contributed by atoms with E-state index in [2.05, 4.69) is 39.8 Å². The molecule has 1 aromatic carbocycles. The fourth-order valence-corrected chi connectivity index (χ4v) is 3.25. The van der Waals surface area contributed by atoms with Gasteiger partial charge in [0.15, 0.2) is 0 Å². The van der Waals surface area contributed by atoms with E-state index < -0.39 is 0 Å². The first kappa shape index (κ1) is 14.1. The lowest BCUT2D eigenvalue weighted by Crippen LogP contribution is -2.34. The molecule has 1 aromatic rings. The third-order valence-corrected chi connectivity index (χ3v) is 3.93. The van der Waals surface area contributed by atoms with Crippen molar-refractivity contribution in [3.8, 4) is 0 Å². The molecule has 1 fully saturated rings. The maximum atomic E-state index is 11.8. The van der Waals surface area contributed by atoms with Crippen LogP contribution in [-0.4, -0.2) is 23.9 Å². The lowest BCUT2D eigenvalue weighted by molar-refractivity contribution is -0.127. The molecule has 0 bridgehead atoms. The Labute approximate surface area is 115 Å². The van der Waals surface area contributed by atoms with Crippen molar-refractivity contribution < 1.29 is 4.79 Å². The Balaban J connectivity index is 2.16. The number of hydrogen-bond donors (Lipinski definition) is 1. The van der Waals surface area contributed by atoms with Crippen molar-refractivity contribution in [3.05, 3.63) is 34.4 Å². The first-order valence-electron chi connectivity index (χ1n) is 6.99. The van der Waals surface area contributed by atoms with Crippen molar-refractivity contribution in [2.24, 2.45) is 11.7 Å². The van der Waals surface area contributed by atoms with Crippen molar-refractivity contribution in [2.45, 2.75) is 40.2 Å². The van der Waals surface area contributed by atoms with Crippen LogP contribution in [0.15, 0.2) is 12.1 Å². The minimum Gasteiger partial charge on any atom is -0.341 e. The highest BCUT2D eigenvalue weighted by atomic mass is 16.2. The van der Waals surface area contributed by atoms with Gasteiger partial charge in [-0.2, -0.15) is 0 Å². The summed E-state index contributed by atoms with van der Waals surface area (Å²) in [4.78, 5) is 13.8. The van der Waals surface area contributed by atoms with Gasteiger partial charge >= 0.3 is 0 Å². The molecule has 1 aliphatic rings. The molecule has 1 amide bonds. The molecule has 3 nitrogen and oxygen atoms in total. The van der Waals surface area contributed by atoms with E-state index in [1.54, 1.807) is 0 Å². The largest absolute Gasteiger partial charge is 0.341 e. The molecule has 0 saturated carbocycles. The zero-order valence-electron chi connectivity index (χ0n) is 12.4. The van der Waals surface area contributed by atoms with Gasteiger partial charge < -0.3 is 10.6 Å². The molecule has 1 saturated heterocycles. The highest BCUT2D eigenvalue weighted by molar-refractivity contribution is 5.78. The van der Waals surface area contributed by atoms with Gasteiger partial charge in [0.1, 0.15) is 0 Å². The molecule has 0 aromatic heterocycles. The van der Waals surface area contributed by atoms with Gasteiger partial charge in [0.2, 0.25) is 5.91 Å². The molecule has 19 heavy (non-hydrogen) atoms. The third kappa shape index (κ3) is 2.98. The normalized spacial score (nSPS) is 21.0. The summed E-state index contributed by atoms with van der Waals surface area (Å²) >= 11 is 0. The van der Waals surface area contributed by atoms with Crippen LogP contribution in [0.3, 0.4) is 0 Å². The molecule has 3 heteroatoms. The number of rotatable bonds is 3. The van der Waals surface area contributed by atoms with Crippen molar-refractivity contribution in [2.75, 3.05) is 13.1 Å². The number of nitrogens with zero attached hydrogens (tertiary/aromatic N) is 1. The molecule has 2 N–H and O–H groups in total. The number of nitrogens with two attached hydrogens (primary N) is 1. The van der Waals surface area contributed by atoms with E-state index >= 15 is 0 Å². The number of carbonyl (C=O) groups is 1. The van der Waals surface area contributed by atoms with Crippen LogP contribution in [0.25, 0.3) is 0 Å². The summed E-state index contributed by atoms with van der Waals surface area (Å²) in [7, 11) is 0. The Morgan fingerprint density at radius 1 is 1.32 bits per heavy atom. The highest BCUT2D eigenvalue weighted by Gasteiger charge is 2.28. The Hall–Kier alpha value is -1.35. The van der Waals surface area contributed by atoms with E-state index in [4.69, 9.17) is 5.73 Å². The quantitative estimate of drug-likeness (QED) is 0.907. The maximum Gasteiger partial charge on any atom is 0.222 e. The Bertz CT molecular complexity index is 473. The Morgan fingerprint density at radius 3 is 2.37 bits per heavy atom. The second kappa shape index (κ2) is 5.33. The molecule has 2 rings (SSSR count). The van der Waals surface area contributed by atoms with Gasteiger partial charge in [-0.3, -0.25) is 4.79 Å². The van der Waals surface area contributed by atoms with E-state index in [0.717, 1.165) is 6.54 Å². The maximum absolute atomic E-state index is 11.8. The fourth-order valence-electron chi connectivity index (χ4n) is 3.25. The van der Waals surface area contributed by atoms with Gasteiger partial charge in [0.05, 0.1) is 0 Å². The second-order valence-electron chi connectivity index (χ2n) is 6.03. The molecule has 0 aliphatic carbocycles. The molecular formula is C16H24N2O. The average molecular weight is 260 g/mol. The van der Waals surface area contributed by atoms with E-state index in [1.165, 1.54) is 22.3 Å². The highest BCUT2D eigenvalue weighted by Crippen LogP contribution is 2.25. The summed E-state index contributed by atoms with van der Waals surface area (Å²) < 4.78 is 0. The smallest absolute Gasteiger partial charge is 0.222 e. The van der Waals surface area contributed by atoms with Gasteiger partial charge in [-0.15, -0.1) is 0 Å². The molecule has 104 valence electrons. The van der Waals surface area contributed by atoms with Crippen LogP contribution in [0.1, 0.15) is 41.6 Å². The van der Waals surface area contributed by atoms with Crippen molar-refractivity contribution in [1.82, 2.24) is 4.90 Å². The van der Waals surface area contributed by atoms with E-state index in [9.17, 15) is 4.79 Å². The van der Waals surface area contributed by atoms with Gasteiger partial charge in [-0.1, -0.05) is 24.6 Å². The number of benzene rings is 1. The summed E-state index contributed by atoms with van der Waals surface area (Å²) in [5.41, 5.74) is 11.2. The van der Waals surface area contributed by atoms with E-state index in [1.807, 2.05) is 4.90 Å². The molecule has 2 unspecified atom stereocenters. The lowest BCUT2D eigenvalue weighted by Gasteiger charge is -2.24. The first-order valence-corrected chi connectivity index (χ1v) is 6.99. The minimum atomic E-state index is -0.0881. The number of aryl methyl sites for hydroxylation is 3. The minimum absolute atomic E-state index is 0.0881. The van der Waals surface area contributed by atoms with Crippen molar-refractivity contribution in [1.29, 1.82) is 0 Å². The topological polar surface area (TPSA) is 46.3 Å². The first-order chi connectivity index (χ1) is 8.88. The van der Waals surface area contributed by atoms with E-state index in [0.29, 0.717) is 18.9 Å². The summed E-state index contributed by atoms with van der Waals surface area (Å²) in [6, 6.07) is 4.24. The van der Waals surface area contributed by atoms with Crippen LogP contribution < -0.4 is 5.73 Å². The molecule has 0 radical (unpaired) electrons. The van der Waals surface area contributed by atoms with Gasteiger partial charge in [-0.05, 0) is 43.4 Å². The van der Waals surface area contributed by atoms with Crippen LogP contribution in [0.4, 0.5) is 0 Å². The molecule has 1 aliphatic heterocycles. The SMILES string of the molecule is Cc1cc(C)c(C(N)CN2CC(C)CC2=O)c(C)c1. The zero-order valence-corrected chi connectivity index (χ0v) is 12.4. The fraction of sp³-hybridized carbons (Fsp3) is 0.562. The van der Waals surface area contributed by atoms with Crippen LogP contribution >= 0.6 is 0 Å². The predicted molar refractivity (Wildman–Crippen MR) is 77.9 cm³/mol. The van der Waals surface area contributed by atoms with Crippen LogP contribution in [0.2, 0.25) is 0 Å². The van der Waals surface area contributed by atoms with Gasteiger partial charge in [0.25, 0.3) is 0 Å². The Morgan fingerprint density at radius 2 is 1.89 bits per heavy atom. The van der Waals surface area contributed by atoms with Crippen LogP contribution in [-0.2, 0) is 4.79 Å². The average Bonchev–Trinajstić information content (AvgIpc) is 2.55. The van der Waals surface area contributed by atoms with Gasteiger partial charge in [-0.25, -0.2) is 0 Å². The summed E-state index contributed by atoms with van der Waals surface area (Å²) in [5, 5.41) is 0. The molecule has 0 spiro atoms. The second-order valence-corrected chi connectivity index (χ2v) is 6.03. The molecular weight excluding hydrogens is 236 g/mol. The zero-order chi connectivity index (χ0) is 14.2. The standard InChI is InChI=1S/C16H24N2O/c1-10-5-12(3)16(13(4)6-10)14(17)9-18-8-11(2)7-15(18)19/h5-6,11,14H,7-9,17H2,1-4H3. The summed E-state index contributed by atoms with van der Waals surface area (Å²) in [6.45, 7) is 9.89. The van der Waals surface area contributed by atoms with Crippen LogP contribution in [0.5, 0.6) is 0 Å². The van der Waals surface area contributed by atoms with Crippen molar-refractivity contribution in [3.63, 3.8) is 0 Å². The summed E-state index contributed by atoms with van der Waals surface area (Å²) in [6.07, 6.45) is 0.665. The number of likely N-dealkylation sites (tertiary alicyclic amines) is 1. The molecule has 2 atom stereocenters. The monoisotopic (exact) mass is 260 g/mol. The van der Waals surface area contributed by atoms with E-state index in [-0.39, 0.29) is 11.9 Å². The summed E-state index contributed by atoms with van der Waals surface area (Å²) in [5.74, 6) is 0.699. The number of hydrogen-bond acceptors (Lipinski definition) is 2. The predicted octanol–water partition coefficient (Wildman–Crippen LogP) is 2.48.